The predicted octanol–water partition coefficient (Wildman–Crippen LogP) is 4.80. The molecule has 0 unspecified atom stereocenters. The molecule has 0 aliphatic carbocycles. The Morgan fingerprint density at radius 1 is 1.18 bits per heavy atom. The van der Waals surface area contributed by atoms with Crippen molar-refractivity contribution < 1.29 is 9.53 Å². The summed E-state index contributed by atoms with van der Waals surface area (Å²) in [6.45, 7) is -0.190. The number of hydrogen-bond donors (Lipinski definition) is 0. The number of halogens is 4. The molecule has 0 saturated heterocycles. The SMILES string of the molecule is O=C(CCCCCC=CCBr)OCC(Cl)(Cl)Cl. The van der Waals surface area contributed by atoms with Crippen molar-refractivity contribution in [2.75, 3.05) is 11.9 Å². The topological polar surface area (TPSA) is 26.3 Å². The summed E-state index contributed by atoms with van der Waals surface area (Å²) in [7, 11) is 0. The molecule has 0 aromatic heterocycles. The van der Waals surface area contributed by atoms with Crippen molar-refractivity contribution in [1.29, 1.82) is 0 Å². The van der Waals surface area contributed by atoms with Crippen molar-refractivity contribution in [3.8, 4) is 0 Å². The maximum absolute atomic E-state index is 11.2. The van der Waals surface area contributed by atoms with Crippen molar-refractivity contribution in [3.63, 3.8) is 0 Å². The van der Waals surface area contributed by atoms with Crippen molar-refractivity contribution in [3.05, 3.63) is 12.2 Å². The standard InChI is InChI=1S/C11H16BrCl3O2/c12-8-6-4-2-1-3-5-7-10(16)17-9-11(13,14)15/h4,6H,1-3,5,7-9H2. The van der Waals surface area contributed by atoms with Crippen LogP contribution in [0, 0.1) is 0 Å². The van der Waals surface area contributed by atoms with Gasteiger partial charge in [0, 0.05) is 11.8 Å². The van der Waals surface area contributed by atoms with Gasteiger partial charge in [0.15, 0.2) is 0 Å². The lowest BCUT2D eigenvalue weighted by atomic mass is 10.1. The first-order valence-corrected chi connectivity index (χ1v) is 7.64. The smallest absolute Gasteiger partial charge is 0.305 e. The second kappa shape index (κ2) is 10.5. The summed E-state index contributed by atoms with van der Waals surface area (Å²) in [5.41, 5.74) is 0. The van der Waals surface area contributed by atoms with Crippen molar-refractivity contribution in [2.24, 2.45) is 0 Å². The van der Waals surface area contributed by atoms with Gasteiger partial charge in [0.2, 0.25) is 3.79 Å². The molecule has 0 fully saturated rings. The van der Waals surface area contributed by atoms with E-state index in [2.05, 4.69) is 28.1 Å². The van der Waals surface area contributed by atoms with Gasteiger partial charge in [0.25, 0.3) is 0 Å². The van der Waals surface area contributed by atoms with E-state index in [9.17, 15) is 4.79 Å². The number of alkyl halides is 4. The summed E-state index contributed by atoms with van der Waals surface area (Å²) in [5, 5.41) is 0.885. The molecule has 0 aromatic rings. The monoisotopic (exact) mass is 364 g/mol. The van der Waals surface area contributed by atoms with Crippen LogP contribution in [0.25, 0.3) is 0 Å². The molecular formula is C11H16BrCl3O2. The lowest BCUT2D eigenvalue weighted by molar-refractivity contribution is -0.143. The average Bonchev–Trinajstić information content (AvgIpc) is 2.24. The molecule has 6 heteroatoms. The third kappa shape index (κ3) is 14.5. The minimum atomic E-state index is -1.52. The van der Waals surface area contributed by atoms with E-state index in [4.69, 9.17) is 39.5 Å². The first-order chi connectivity index (χ1) is 7.95. The van der Waals surface area contributed by atoms with Crippen LogP contribution in [-0.4, -0.2) is 21.7 Å². The number of carbonyl (C=O) groups is 1. The van der Waals surface area contributed by atoms with Crippen molar-refractivity contribution >= 4 is 56.7 Å². The molecule has 0 amide bonds. The molecular weight excluding hydrogens is 350 g/mol. The molecule has 0 radical (unpaired) electrons. The highest BCUT2D eigenvalue weighted by Gasteiger charge is 2.21. The van der Waals surface area contributed by atoms with Crippen LogP contribution in [0.1, 0.15) is 32.1 Å². The fourth-order valence-corrected chi connectivity index (χ4v) is 1.55. The van der Waals surface area contributed by atoms with Gasteiger partial charge in [-0.1, -0.05) is 69.3 Å². The van der Waals surface area contributed by atoms with Crippen LogP contribution < -0.4 is 0 Å². The Bertz CT molecular complexity index is 239. The Kier molecular flexibility index (Phi) is 10.8. The maximum Gasteiger partial charge on any atom is 0.305 e. The summed E-state index contributed by atoms with van der Waals surface area (Å²) >= 11 is 19.7. The molecule has 0 rings (SSSR count). The van der Waals surface area contributed by atoms with Gasteiger partial charge in [-0.05, 0) is 19.3 Å². The predicted molar refractivity (Wildman–Crippen MR) is 77.3 cm³/mol. The Morgan fingerprint density at radius 3 is 2.47 bits per heavy atom. The zero-order chi connectivity index (χ0) is 13.1. The minimum absolute atomic E-state index is 0.190. The second-order valence-electron chi connectivity index (χ2n) is 3.50. The van der Waals surface area contributed by atoms with Crippen LogP contribution >= 0.6 is 50.7 Å². The van der Waals surface area contributed by atoms with E-state index in [0.717, 1.165) is 31.0 Å². The molecule has 0 atom stereocenters. The highest BCUT2D eigenvalue weighted by Crippen LogP contribution is 2.26. The van der Waals surface area contributed by atoms with Crippen molar-refractivity contribution in [1.82, 2.24) is 0 Å². The molecule has 2 nitrogen and oxygen atoms in total. The second-order valence-corrected chi connectivity index (χ2v) is 6.66. The number of unbranched alkanes of at least 4 members (excludes halogenated alkanes) is 3. The quantitative estimate of drug-likeness (QED) is 0.267. The van der Waals surface area contributed by atoms with E-state index in [1.807, 2.05) is 0 Å². The summed E-state index contributed by atoms with van der Waals surface area (Å²) in [6, 6.07) is 0. The third-order valence-corrected chi connectivity index (χ3v) is 2.61. The summed E-state index contributed by atoms with van der Waals surface area (Å²) in [5.74, 6) is -0.313. The molecule has 100 valence electrons. The molecule has 0 aliphatic heterocycles. The van der Waals surface area contributed by atoms with E-state index >= 15 is 0 Å². The van der Waals surface area contributed by atoms with E-state index in [1.165, 1.54) is 0 Å². The summed E-state index contributed by atoms with van der Waals surface area (Å²) < 4.78 is 3.28. The highest BCUT2D eigenvalue weighted by atomic mass is 79.9. The van der Waals surface area contributed by atoms with Gasteiger partial charge in [0.1, 0.15) is 6.61 Å². The van der Waals surface area contributed by atoms with Gasteiger partial charge < -0.3 is 4.74 Å². The van der Waals surface area contributed by atoms with Gasteiger partial charge in [-0.3, -0.25) is 4.79 Å². The van der Waals surface area contributed by atoms with Crippen LogP contribution in [0.2, 0.25) is 0 Å². The number of carbonyl (C=O) groups excluding carboxylic acids is 1. The molecule has 0 N–H and O–H groups in total. The normalized spacial score (nSPS) is 12.0. The first-order valence-electron chi connectivity index (χ1n) is 5.39. The van der Waals surface area contributed by atoms with Crippen LogP contribution in [0.5, 0.6) is 0 Å². The Morgan fingerprint density at radius 2 is 1.88 bits per heavy atom. The fraction of sp³-hybridized carbons (Fsp3) is 0.727. The van der Waals surface area contributed by atoms with E-state index < -0.39 is 3.79 Å². The fourth-order valence-electron chi connectivity index (χ4n) is 1.12. The number of allylic oxidation sites excluding steroid dienone is 2. The van der Waals surface area contributed by atoms with Gasteiger partial charge in [-0.25, -0.2) is 0 Å². The van der Waals surface area contributed by atoms with Crippen molar-refractivity contribution in [2.45, 2.75) is 35.9 Å². The molecule has 0 bridgehead atoms. The Balaban J connectivity index is 3.37. The number of esters is 1. The van der Waals surface area contributed by atoms with E-state index in [-0.39, 0.29) is 12.6 Å². The van der Waals surface area contributed by atoms with Gasteiger partial charge in [0.05, 0.1) is 0 Å². The zero-order valence-corrected chi connectivity index (χ0v) is 13.3. The van der Waals surface area contributed by atoms with Crippen LogP contribution in [0.3, 0.4) is 0 Å². The largest absolute Gasteiger partial charge is 0.461 e. The molecule has 0 aliphatic rings. The lowest BCUT2D eigenvalue weighted by Gasteiger charge is -2.10. The van der Waals surface area contributed by atoms with Gasteiger partial charge in [-0.2, -0.15) is 0 Å². The molecule has 17 heavy (non-hydrogen) atoms. The number of ether oxygens (including phenoxy) is 1. The number of rotatable bonds is 8. The Hall–Kier alpha value is 0.560. The lowest BCUT2D eigenvalue weighted by Crippen LogP contribution is -2.16. The molecule has 0 heterocycles. The molecule has 0 saturated carbocycles. The maximum atomic E-state index is 11.2. The average molecular weight is 367 g/mol. The van der Waals surface area contributed by atoms with Crippen LogP contribution in [-0.2, 0) is 9.53 Å². The minimum Gasteiger partial charge on any atom is -0.461 e. The highest BCUT2D eigenvalue weighted by molar-refractivity contribution is 9.09. The summed E-state index contributed by atoms with van der Waals surface area (Å²) in [4.78, 5) is 11.2. The summed E-state index contributed by atoms with van der Waals surface area (Å²) in [6.07, 6.45) is 8.47. The molecule has 0 aromatic carbocycles. The van der Waals surface area contributed by atoms with Gasteiger partial charge in [-0.15, -0.1) is 0 Å². The van der Waals surface area contributed by atoms with E-state index in [1.54, 1.807) is 0 Å². The first kappa shape index (κ1) is 17.6. The zero-order valence-electron chi connectivity index (χ0n) is 9.43. The van der Waals surface area contributed by atoms with E-state index in [0.29, 0.717) is 6.42 Å². The number of hydrogen-bond acceptors (Lipinski definition) is 2. The molecule has 0 spiro atoms. The Labute approximate surface area is 126 Å². The van der Waals surface area contributed by atoms with Crippen LogP contribution in [0.15, 0.2) is 12.2 Å². The van der Waals surface area contributed by atoms with Crippen LogP contribution in [0.4, 0.5) is 0 Å². The third-order valence-electron chi connectivity index (χ3n) is 1.90. The van der Waals surface area contributed by atoms with Gasteiger partial charge >= 0.3 is 5.97 Å².